The van der Waals surface area contributed by atoms with Crippen molar-refractivity contribution in [2.75, 3.05) is 0 Å². The van der Waals surface area contributed by atoms with Gasteiger partial charge in [0.2, 0.25) is 0 Å². The van der Waals surface area contributed by atoms with Crippen LogP contribution in [0.3, 0.4) is 0 Å². The first-order valence-corrected chi connectivity index (χ1v) is 6.30. The summed E-state index contributed by atoms with van der Waals surface area (Å²) in [7, 11) is 0. The van der Waals surface area contributed by atoms with Crippen LogP contribution in [-0.2, 0) is 0 Å². The number of nitrogens with one attached hydrogen (secondary N) is 1. The van der Waals surface area contributed by atoms with E-state index in [-0.39, 0.29) is 0 Å². The van der Waals surface area contributed by atoms with Crippen molar-refractivity contribution in [3.05, 3.63) is 59.2 Å². The van der Waals surface area contributed by atoms with Crippen molar-refractivity contribution < 1.29 is 0 Å². The van der Waals surface area contributed by atoms with Gasteiger partial charge in [-0.05, 0) is 61.7 Å². The lowest BCUT2D eigenvalue weighted by Crippen LogP contribution is -1.83. The van der Waals surface area contributed by atoms with Crippen molar-refractivity contribution in [2.45, 2.75) is 20.8 Å². The zero-order valence-electron chi connectivity index (χ0n) is 11.0. The molecule has 0 radical (unpaired) electrons. The first-order valence-electron chi connectivity index (χ1n) is 6.30. The zero-order valence-corrected chi connectivity index (χ0v) is 11.0. The predicted octanol–water partition coefficient (Wildman–Crippen LogP) is 4.76. The fourth-order valence-electron chi connectivity index (χ4n) is 2.32. The van der Waals surface area contributed by atoms with Crippen LogP contribution in [0.5, 0.6) is 0 Å². The summed E-state index contributed by atoms with van der Waals surface area (Å²) in [4.78, 5) is 3.49. The molecule has 1 heteroatoms. The number of benzene rings is 2. The second-order valence-electron chi connectivity index (χ2n) is 5.07. The molecule has 1 nitrogen and oxygen atoms in total. The first kappa shape index (κ1) is 11.1. The second-order valence-corrected chi connectivity index (χ2v) is 5.07. The molecule has 0 bridgehead atoms. The highest BCUT2D eigenvalue weighted by Gasteiger charge is 2.04. The average molecular weight is 235 g/mol. The van der Waals surface area contributed by atoms with E-state index in [0.717, 1.165) is 0 Å². The molecule has 1 N–H and O–H groups in total. The van der Waals surface area contributed by atoms with Crippen molar-refractivity contribution >= 4 is 10.9 Å². The van der Waals surface area contributed by atoms with Crippen LogP contribution in [-0.4, -0.2) is 4.98 Å². The summed E-state index contributed by atoms with van der Waals surface area (Å²) >= 11 is 0. The Morgan fingerprint density at radius 3 is 2.39 bits per heavy atom. The van der Waals surface area contributed by atoms with E-state index in [0.29, 0.717) is 0 Å². The fraction of sp³-hybridized carbons (Fsp3) is 0.176. The maximum Gasteiger partial charge on any atom is 0.0464 e. The van der Waals surface area contributed by atoms with Crippen LogP contribution in [0, 0.1) is 20.8 Å². The summed E-state index contributed by atoms with van der Waals surface area (Å²) in [6.07, 6.45) is 0. The number of aryl methyl sites for hydroxylation is 3. The summed E-state index contributed by atoms with van der Waals surface area (Å²) in [5, 5.41) is 1.28. The molecule has 0 fully saturated rings. The number of aromatic amines is 1. The van der Waals surface area contributed by atoms with Crippen LogP contribution in [0.2, 0.25) is 0 Å². The van der Waals surface area contributed by atoms with Crippen molar-refractivity contribution in [1.29, 1.82) is 0 Å². The van der Waals surface area contributed by atoms with Gasteiger partial charge in [0.05, 0.1) is 0 Å². The maximum absolute atomic E-state index is 3.49. The Bertz CT molecular complexity index is 720. The summed E-state index contributed by atoms with van der Waals surface area (Å²) in [6, 6.07) is 15.3. The highest BCUT2D eigenvalue weighted by atomic mass is 14.7. The smallest absolute Gasteiger partial charge is 0.0464 e. The van der Waals surface area contributed by atoms with E-state index in [2.05, 4.69) is 68.2 Å². The highest BCUT2D eigenvalue weighted by Crippen LogP contribution is 2.26. The molecule has 0 aliphatic rings. The monoisotopic (exact) mass is 235 g/mol. The molecule has 0 amide bonds. The SMILES string of the molecule is Cc1ccc2[nH]c(-c3ccc(C)c(C)c3)cc2c1. The Morgan fingerprint density at radius 1 is 0.778 bits per heavy atom. The van der Waals surface area contributed by atoms with Gasteiger partial charge in [0.15, 0.2) is 0 Å². The van der Waals surface area contributed by atoms with Gasteiger partial charge >= 0.3 is 0 Å². The lowest BCUT2D eigenvalue weighted by atomic mass is 10.0. The molecule has 3 rings (SSSR count). The minimum Gasteiger partial charge on any atom is -0.355 e. The van der Waals surface area contributed by atoms with Crippen LogP contribution >= 0.6 is 0 Å². The average Bonchev–Trinajstić information content (AvgIpc) is 2.75. The van der Waals surface area contributed by atoms with Crippen molar-refractivity contribution in [3.63, 3.8) is 0 Å². The summed E-state index contributed by atoms with van der Waals surface area (Å²) in [5.74, 6) is 0. The van der Waals surface area contributed by atoms with Crippen LogP contribution in [0.25, 0.3) is 22.2 Å². The van der Waals surface area contributed by atoms with Gasteiger partial charge < -0.3 is 4.98 Å². The summed E-state index contributed by atoms with van der Waals surface area (Å²) < 4.78 is 0. The minimum atomic E-state index is 1.19. The molecule has 1 heterocycles. The Kier molecular flexibility index (Phi) is 2.48. The molecule has 1 aromatic heterocycles. The molecule has 0 atom stereocenters. The van der Waals surface area contributed by atoms with Crippen molar-refractivity contribution in [2.24, 2.45) is 0 Å². The van der Waals surface area contributed by atoms with Gasteiger partial charge in [-0.15, -0.1) is 0 Å². The molecule has 90 valence electrons. The minimum absolute atomic E-state index is 1.19. The summed E-state index contributed by atoms with van der Waals surface area (Å²) in [5.41, 5.74) is 7.63. The number of rotatable bonds is 1. The second kappa shape index (κ2) is 4.02. The molecule has 2 aromatic carbocycles. The molecular formula is C17H17N. The lowest BCUT2D eigenvalue weighted by molar-refractivity contribution is 1.33. The van der Waals surface area contributed by atoms with Gasteiger partial charge in [-0.2, -0.15) is 0 Å². The predicted molar refractivity (Wildman–Crippen MR) is 77.9 cm³/mol. The number of fused-ring (bicyclic) bond motifs is 1. The van der Waals surface area contributed by atoms with Crippen LogP contribution in [0.4, 0.5) is 0 Å². The van der Waals surface area contributed by atoms with Crippen molar-refractivity contribution in [3.8, 4) is 11.3 Å². The largest absolute Gasteiger partial charge is 0.355 e. The van der Waals surface area contributed by atoms with E-state index in [1.165, 1.54) is 38.9 Å². The van der Waals surface area contributed by atoms with Gasteiger partial charge in [-0.1, -0.05) is 23.8 Å². The summed E-state index contributed by atoms with van der Waals surface area (Å²) in [6.45, 7) is 6.43. The number of aromatic nitrogens is 1. The van der Waals surface area contributed by atoms with E-state index >= 15 is 0 Å². The number of hydrogen-bond donors (Lipinski definition) is 1. The molecule has 0 aliphatic heterocycles. The third-order valence-corrected chi connectivity index (χ3v) is 3.59. The molecule has 3 aromatic rings. The zero-order chi connectivity index (χ0) is 12.7. The fourth-order valence-corrected chi connectivity index (χ4v) is 2.32. The molecule has 0 saturated heterocycles. The van der Waals surface area contributed by atoms with E-state index < -0.39 is 0 Å². The van der Waals surface area contributed by atoms with Crippen LogP contribution in [0.15, 0.2) is 42.5 Å². The molecule has 18 heavy (non-hydrogen) atoms. The lowest BCUT2D eigenvalue weighted by Gasteiger charge is -2.03. The van der Waals surface area contributed by atoms with Crippen LogP contribution < -0.4 is 0 Å². The Balaban J connectivity index is 2.16. The third kappa shape index (κ3) is 1.82. The van der Waals surface area contributed by atoms with E-state index in [9.17, 15) is 0 Å². The van der Waals surface area contributed by atoms with Crippen LogP contribution in [0.1, 0.15) is 16.7 Å². The third-order valence-electron chi connectivity index (χ3n) is 3.59. The van der Waals surface area contributed by atoms with E-state index in [1.807, 2.05) is 0 Å². The number of hydrogen-bond acceptors (Lipinski definition) is 0. The molecule has 0 aliphatic carbocycles. The van der Waals surface area contributed by atoms with Gasteiger partial charge in [0, 0.05) is 16.6 Å². The molecule has 0 unspecified atom stereocenters. The Morgan fingerprint density at radius 2 is 1.61 bits per heavy atom. The Labute approximate surface area is 107 Å². The molecule has 0 spiro atoms. The van der Waals surface area contributed by atoms with Gasteiger partial charge in [0.1, 0.15) is 0 Å². The quantitative estimate of drug-likeness (QED) is 0.626. The highest BCUT2D eigenvalue weighted by molar-refractivity contribution is 5.86. The van der Waals surface area contributed by atoms with E-state index in [4.69, 9.17) is 0 Å². The number of H-pyrrole nitrogens is 1. The van der Waals surface area contributed by atoms with Gasteiger partial charge in [-0.25, -0.2) is 0 Å². The van der Waals surface area contributed by atoms with E-state index in [1.54, 1.807) is 0 Å². The standard InChI is InChI=1S/C17H17N/c1-11-4-7-16-15(8-11)10-17(18-16)14-6-5-12(2)13(3)9-14/h4-10,18H,1-3H3. The topological polar surface area (TPSA) is 15.8 Å². The Hall–Kier alpha value is -2.02. The van der Waals surface area contributed by atoms with Gasteiger partial charge in [-0.3, -0.25) is 0 Å². The molecule has 0 saturated carbocycles. The first-order chi connectivity index (χ1) is 8.63. The molecular weight excluding hydrogens is 218 g/mol. The maximum atomic E-state index is 3.49. The van der Waals surface area contributed by atoms with Crippen molar-refractivity contribution in [1.82, 2.24) is 4.98 Å². The normalized spacial score (nSPS) is 11.1. The van der Waals surface area contributed by atoms with Gasteiger partial charge in [0.25, 0.3) is 0 Å².